The summed E-state index contributed by atoms with van der Waals surface area (Å²) < 4.78 is 0. The third-order valence-corrected chi connectivity index (χ3v) is 4.05. The second-order valence-corrected chi connectivity index (χ2v) is 6.20. The Bertz CT molecular complexity index is 662. The molecule has 0 saturated carbocycles. The first kappa shape index (κ1) is 16.2. The number of aromatic nitrogens is 1. The summed E-state index contributed by atoms with van der Waals surface area (Å²) in [5, 5.41) is 4.61. The summed E-state index contributed by atoms with van der Waals surface area (Å²) in [6.45, 7) is 4.30. The molecule has 6 heteroatoms. The summed E-state index contributed by atoms with van der Waals surface area (Å²) in [6.07, 6.45) is 1.03. The predicted octanol–water partition coefficient (Wildman–Crippen LogP) is 2.94. The van der Waals surface area contributed by atoms with Crippen molar-refractivity contribution < 1.29 is 9.59 Å². The second kappa shape index (κ2) is 7.17. The van der Waals surface area contributed by atoms with Crippen LogP contribution in [-0.2, 0) is 11.2 Å². The molecule has 1 aromatic heterocycles. The van der Waals surface area contributed by atoms with Gasteiger partial charge in [-0.25, -0.2) is 4.98 Å². The maximum Gasteiger partial charge on any atom is 0.268 e. The van der Waals surface area contributed by atoms with E-state index in [0.29, 0.717) is 23.9 Å². The molecule has 2 aromatic rings. The lowest BCUT2D eigenvalue weighted by atomic mass is 10.0. The van der Waals surface area contributed by atoms with Crippen LogP contribution in [0, 0.1) is 0 Å². The molecule has 0 fully saturated rings. The lowest BCUT2D eigenvalue weighted by Crippen LogP contribution is -2.14. The number of anilines is 1. The van der Waals surface area contributed by atoms with Crippen LogP contribution in [0.25, 0.3) is 0 Å². The quantitative estimate of drug-likeness (QED) is 0.859. The van der Waals surface area contributed by atoms with Gasteiger partial charge in [0.1, 0.15) is 5.69 Å². The van der Waals surface area contributed by atoms with Crippen molar-refractivity contribution in [2.45, 2.75) is 32.6 Å². The molecule has 2 amide bonds. The van der Waals surface area contributed by atoms with Crippen LogP contribution in [0.2, 0.25) is 0 Å². The number of thiazole rings is 1. The van der Waals surface area contributed by atoms with Gasteiger partial charge in [-0.2, -0.15) is 0 Å². The number of hydrogen-bond donors (Lipinski definition) is 2. The SMILES string of the molecule is CC(C)c1ccc(CCC(=O)Nc2nc(C(N)=O)cs2)cc1. The van der Waals surface area contributed by atoms with Gasteiger partial charge in [-0.05, 0) is 23.5 Å². The summed E-state index contributed by atoms with van der Waals surface area (Å²) >= 11 is 1.19. The summed E-state index contributed by atoms with van der Waals surface area (Å²) in [5.74, 6) is -0.220. The Morgan fingerprint density at radius 2 is 1.95 bits per heavy atom. The van der Waals surface area contributed by atoms with Crippen molar-refractivity contribution in [2.75, 3.05) is 5.32 Å². The molecule has 1 aromatic carbocycles. The molecular formula is C16H19N3O2S. The van der Waals surface area contributed by atoms with E-state index in [-0.39, 0.29) is 11.6 Å². The summed E-state index contributed by atoms with van der Waals surface area (Å²) in [7, 11) is 0. The van der Waals surface area contributed by atoms with E-state index >= 15 is 0 Å². The van der Waals surface area contributed by atoms with Crippen molar-refractivity contribution in [3.63, 3.8) is 0 Å². The van der Waals surface area contributed by atoms with Gasteiger partial charge in [-0.3, -0.25) is 9.59 Å². The fourth-order valence-electron chi connectivity index (χ4n) is 1.95. The highest BCUT2D eigenvalue weighted by atomic mass is 32.1. The van der Waals surface area contributed by atoms with Gasteiger partial charge in [0.05, 0.1) is 0 Å². The van der Waals surface area contributed by atoms with Crippen molar-refractivity contribution in [1.29, 1.82) is 0 Å². The minimum Gasteiger partial charge on any atom is -0.364 e. The maximum atomic E-state index is 11.9. The molecule has 0 unspecified atom stereocenters. The van der Waals surface area contributed by atoms with E-state index in [4.69, 9.17) is 5.73 Å². The molecule has 0 saturated heterocycles. The molecule has 0 radical (unpaired) electrons. The Labute approximate surface area is 133 Å². The average Bonchev–Trinajstić information content (AvgIpc) is 2.94. The van der Waals surface area contributed by atoms with Crippen LogP contribution in [0.3, 0.4) is 0 Å². The number of nitrogens with one attached hydrogen (secondary N) is 1. The van der Waals surface area contributed by atoms with Crippen molar-refractivity contribution >= 4 is 28.3 Å². The fraction of sp³-hybridized carbons (Fsp3) is 0.312. The zero-order valence-corrected chi connectivity index (χ0v) is 13.4. The standard InChI is InChI=1S/C16H19N3O2S/c1-10(2)12-6-3-11(4-7-12)5-8-14(20)19-16-18-13(9-22-16)15(17)21/h3-4,6-7,9-10H,5,8H2,1-2H3,(H2,17,21)(H,18,19,20). The van der Waals surface area contributed by atoms with E-state index < -0.39 is 5.91 Å². The Balaban J connectivity index is 1.85. The molecule has 2 rings (SSSR count). The molecule has 3 N–H and O–H groups in total. The normalized spacial score (nSPS) is 10.7. The van der Waals surface area contributed by atoms with E-state index in [1.54, 1.807) is 0 Å². The fourth-order valence-corrected chi connectivity index (χ4v) is 2.67. The number of carbonyl (C=O) groups excluding carboxylic acids is 2. The van der Waals surface area contributed by atoms with Gasteiger partial charge in [-0.1, -0.05) is 38.1 Å². The number of aryl methyl sites for hydroxylation is 1. The number of primary amides is 1. The lowest BCUT2D eigenvalue weighted by Gasteiger charge is -2.07. The lowest BCUT2D eigenvalue weighted by molar-refractivity contribution is -0.116. The van der Waals surface area contributed by atoms with Crippen LogP contribution in [0.5, 0.6) is 0 Å². The van der Waals surface area contributed by atoms with Gasteiger partial charge >= 0.3 is 0 Å². The largest absolute Gasteiger partial charge is 0.364 e. The highest BCUT2D eigenvalue weighted by Gasteiger charge is 2.10. The number of nitrogens with two attached hydrogens (primary N) is 1. The van der Waals surface area contributed by atoms with E-state index in [2.05, 4.69) is 48.4 Å². The van der Waals surface area contributed by atoms with Crippen LogP contribution < -0.4 is 11.1 Å². The molecule has 0 atom stereocenters. The van der Waals surface area contributed by atoms with Crippen LogP contribution in [0.4, 0.5) is 5.13 Å². The molecule has 0 aliphatic carbocycles. The van der Waals surface area contributed by atoms with E-state index in [1.807, 2.05) is 0 Å². The summed E-state index contributed by atoms with van der Waals surface area (Å²) in [6, 6.07) is 8.30. The number of rotatable bonds is 6. The molecule has 0 bridgehead atoms. The molecule has 116 valence electrons. The van der Waals surface area contributed by atoms with Crippen LogP contribution in [0.15, 0.2) is 29.6 Å². The van der Waals surface area contributed by atoms with Gasteiger partial charge in [0.15, 0.2) is 5.13 Å². The van der Waals surface area contributed by atoms with Gasteiger partial charge in [0, 0.05) is 11.8 Å². The van der Waals surface area contributed by atoms with Crippen molar-refractivity contribution in [3.05, 3.63) is 46.5 Å². The van der Waals surface area contributed by atoms with Gasteiger partial charge in [0.25, 0.3) is 5.91 Å². The topological polar surface area (TPSA) is 85.1 Å². The Morgan fingerprint density at radius 3 is 2.50 bits per heavy atom. The van der Waals surface area contributed by atoms with E-state index in [9.17, 15) is 9.59 Å². The maximum absolute atomic E-state index is 11.9. The van der Waals surface area contributed by atoms with Crippen LogP contribution >= 0.6 is 11.3 Å². The van der Waals surface area contributed by atoms with Gasteiger partial charge in [0.2, 0.25) is 5.91 Å². The van der Waals surface area contributed by atoms with Crippen molar-refractivity contribution in [3.8, 4) is 0 Å². The third kappa shape index (κ3) is 4.39. The van der Waals surface area contributed by atoms with Crippen molar-refractivity contribution in [1.82, 2.24) is 4.98 Å². The number of amides is 2. The van der Waals surface area contributed by atoms with Crippen molar-refractivity contribution in [2.24, 2.45) is 5.73 Å². The summed E-state index contributed by atoms with van der Waals surface area (Å²) in [5.41, 5.74) is 7.70. The Morgan fingerprint density at radius 1 is 1.27 bits per heavy atom. The number of hydrogen-bond acceptors (Lipinski definition) is 4. The molecule has 0 aliphatic rings. The average molecular weight is 317 g/mol. The van der Waals surface area contributed by atoms with Crippen LogP contribution in [-0.4, -0.2) is 16.8 Å². The molecule has 0 spiro atoms. The van der Waals surface area contributed by atoms with Gasteiger partial charge in [-0.15, -0.1) is 11.3 Å². The Hall–Kier alpha value is -2.21. The zero-order chi connectivity index (χ0) is 16.1. The molecule has 1 heterocycles. The predicted molar refractivity (Wildman–Crippen MR) is 88.1 cm³/mol. The first-order valence-corrected chi connectivity index (χ1v) is 7.97. The van der Waals surface area contributed by atoms with Gasteiger partial charge < -0.3 is 11.1 Å². The number of benzene rings is 1. The number of carbonyl (C=O) groups is 2. The smallest absolute Gasteiger partial charge is 0.268 e. The molecular weight excluding hydrogens is 298 g/mol. The van der Waals surface area contributed by atoms with E-state index in [1.165, 1.54) is 22.3 Å². The minimum absolute atomic E-state index is 0.127. The minimum atomic E-state index is -0.595. The Kier molecular flexibility index (Phi) is 5.27. The second-order valence-electron chi connectivity index (χ2n) is 5.35. The highest BCUT2D eigenvalue weighted by molar-refractivity contribution is 7.14. The first-order chi connectivity index (χ1) is 10.5. The van der Waals surface area contributed by atoms with Crippen LogP contribution in [0.1, 0.15) is 47.8 Å². The first-order valence-electron chi connectivity index (χ1n) is 7.09. The number of nitrogens with zero attached hydrogens (tertiary/aromatic N) is 1. The molecule has 22 heavy (non-hydrogen) atoms. The highest BCUT2D eigenvalue weighted by Crippen LogP contribution is 2.17. The summed E-state index contributed by atoms with van der Waals surface area (Å²) in [4.78, 5) is 26.8. The third-order valence-electron chi connectivity index (χ3n) is 3.29. The van der Waals surface area contributed by atoms with E-state index in [0.717, 1.165) is 5.56 Å². The zero-order valence-electron chi connectivity index (χ0n) is 12.6. The monoisotopic (exact) mass is 317 g/mol. The molecule has 0 aliphatic heterocycles. The molecule has 5 nitrogen and oxygen atoms in total.